The first-order valence-electron chi connectivity index (χ1n) is 5.95. The molecule has 5 N–H and O–H groups in total. The highest BCUT2D eigenvalue weighted by atomic mass is 16.4. The number of aliphatic carboxylic acids is 1. The Morgan fingerprint density at radius 2 is 1.89 bits per heavy atom. The molecular weight excluding hydrogens is 238 g/mol. The summed E-state index contributed by atoms with van der Waals surface area (Å²) >= 11 is 0. The van der Waals surface area contributed by atoms with Crippen molar-refractivity contribution in [2.75, 3.05) is 13.1 Å². The van der Waals surface area contributed by atoms with Gasteiger partial charge in [-0.25, -0.2) is 4.79 Å². The predicted octanol–water partition coefficient (Wildman–Crippen LogP) is -0.194. The molecule has 1 aliphatic rings. The van der Waals surface area contributed by atoms with Crippen LogP contribution in [0.1, 0.15) is 32.1 Å². The van der Waals surface area contributed by atoms with Crippen molar-refractivity contribution in [3.8, 4) is 0 Å². The molecule has 0 aliphatic heterocycles. The molecular formula is C11H19N3O4. The molecule has 0 radical (unpaired) electrons. The van der Waals surface area contributed by atoms with Crippen molar-refractivity contribution in [1.29, 1.82) is 0 Å². The summed E-state index contributed by atoms with van der Waals surface area (Å²) in [6.45, 7) is 0.537. The van der Waals surface area contributed by atoms with Gasteiger partial charge in [-0.2, -0.15) is 0 Å². The minimum absolute atomic E-state index is 0.0779. The number of carbonyl (C=O) groups is 3. The number of primary amides is 1. The molecule has 1 aliphatic carbocycles. The first-order chi connectivity index (χ1) is 8.43. The fourth-order valence-corrected chi connectivity index (χ4v) is 2.04. The molecule has 0 heterocycles. The van der Waals surface area contributed by atoms with Crippen LogP contribution in [0.4, 0.5) is 4.79 Å². The molecule has 7 heteroatoms. The van der Waals surface area contributed by atoms with Crippen LogP contribution in [0.5, 0.6) is 0 Å². The van der Waals surface area contributed by atoms with Gasteiger partial charge in [0.1, 0.15) is 0 Å². The summed E-state index contributed by atoms with van der Waals surface area (Å²) in [7, 11) is 0. The van der Waals surface area contributed by atoms with Crippen molar-refractivity contribution in [3.05, 3.63) is 0 Å². The number of carboxylic acid groups (broad SMARTS) is 1. The first kappa shape index (κ1) is 14.3. The molecule has 0 aromatic rings. The topological polar surface area (TPSA) is 122 Å². The van der Waals surface area contributed by atoms with Crippen molar-refractivity contribution in [2.24, 2.45) is 11.1 Å². The molecule has 18 heavy (non-hydrogen) atoms. The SMILES string of the molecule is NC(=O)CCNC(=O)NCC1(CC(=O)O)CCC1. The van der Waals surface area contributed by atoms with Gasteiger partial charge in [-0.05, 0) is 18.3 Å². The van der Waals surface area contributed by atoms with E-state index in [2.05, 4.69) is 10.6 Å². The first-order valence-corrected chi connectivity index (χ1v) is 5.95. The lowest BCUT2D eigenvalue weighted by Gasteiger charge is -2.40. The minimum atomic E-state index is -0.842. The Hall–Kier alpha value is -1.79. The van der Waals surface area contributed by atoms with Gasteiger partial charge < -0.3 is 21.5 Å². The molecule has 7 nitrogen and oxygen atoms in total. The molecule has 1 fully saturated rings. The Bertz CT molecular complexity index is 339. The van der Waals surface area contributed by atoms with Gasteiger partial charge in [0.15, 0.2) is 0 Å². The van der Waals surface area contributed by atoms with Crippen molar-refractivity contribution >= 4 is 17.9 Å². The molecule has 0 spiro atoms. The number of urea groups is 1. The fourth-order valence-electron chi connectivity index (χ4n) is 2.04. The van der Waals surface area contributed by atoms with E-state index in [9.17, 15) is 14.4 Å². The third-order valence-corrected chi connectivity index (χ3v) is 3.22. The van der Waals surface area contributed by atoms with Gasteiger partial charge in [0, 0.05) is 19.5 Å². The van der Waals surface area contributed by atoms with Crippen molar-refractivity contribution in [1.82, 2.24) is 10.6 Å². The molecule has 1 saturated carbocycles. The summed E-state index contributed by atoms with van der Waals surface area (Å²) in [4.78, 5) is 32.6. The number of rotatable bonds is 7. The van der Waals surface area contributed by atoms with E-state index < -0.39 is 17.9 Å². The third kappa shape index (κ3) is 4.60. The standard InChI is InChI=1S/C11H19N3O4/c12-8(15)2-5-13-10(18)14-7-11(3-1-4-11)6-9(16)17/h1-7H2,(H2,12,15)(H,16,17)(H2,13,14,18). The predicted molar refractivity (Wildman–Crippen MR) is 63.7 cm³/mol. The number of hydrogen-bond acceptors (Lipinski definition) is 3. The maximum Gasteiger partial charge on any atom is 0.314 e. The number of amides is 3. The molecule has 0 aromatic carbocycles. The van der Waals surface area contributed by atoms with Crippen LogP contribution >= 0.6 is 0 Å². The highest BCUT2D eigenvalue weighted by Gasteiger charge is 2.39. The van der Waals surface area contributed by atoms with E-state index in [1.54, 1.807) is 0 Å². The van der Waals surface area contributed by atoms with Crippen LogP contribution in [0.3, 0.4) is 0 Å². The van der Waals surface area contributed by atoms with Gasteiger partial charge in [0.2, 0.25) is 5.91 Å². The average molecular weight is 257 g/mol. The number of carbonyl (C=O) groups excluding carboxylic acids is 2. The lowest BCUT2D eigenvalue weighted by atomic mass is 9.66. The normalized spacial score (nSPS) is 16.4. The van der Waals surface area contributed by atoms with E-state index in [0.717, 1.165) is 19.3 Å². The van der Waals surface area contributed by atoms with Crippen molar-refractivity contribution in [3.63, 3.8) is 0 Å². The van der Waals surface area contributed by atoms with Gasteiger partial charge >= 0.3 is 12.0 Å². The van der Waals surface area contributed by atoms with Crippen molar-refractivity contribution in [2.45, 2.75) is 32.1 Å². The fraction of sp³-hybridized carbons (Fsp3) is 0.727. The summed E-state index contributed by atoms with van der Waals surface area (Å²) in [6, 6.07) is -0.395. The number of nitrogens with two attached hydrogens (primary N) is 1. The zero-order valence-electron chi connectivity index (χ0n) is 10.2. The second-order valence-electron chi connectivity index (χ2n) is 4.75. The number of hydrogen-bond donors (Lipinski definition) is 4. The lowest BCUT2D eigenvalue weighted by Crippen LogP contribution is -2.47. The largest absolute Gasteiger partial charge is 0.481 e. The summed E-state index contributed by atoms with van der Waals surface area (Å²) < 4.78 is 0. The van der Waals surface area contributed by atoms with E-state index in [1.165, 1.54) is 0 Å². The summed E-state index contributed by atoms with van der Waals surface area (Å²) in [6.07, 6.45) is 2.81. The Balaban J connectivity index is 2.24. The zero-order valence-corrected chi connectivity index (χ0v) is 10.2. The van der Waals surface area contributed by atoms with Crippen LogP contribution in [-0.4, -0.2) is 36.1 Å². The highest BCUT2D eigenvalue weighted by Crippen LogP contribution is 2.43. The Morgan fingerprint density at radius 1 is 1.22 bits per heavy atom. The summed E-state index contributed by atoms with van der Waals surface area (Å²) in [5.74, 6) is -1.32. The van der Waals surface area contributed by atoms with Crippen LogP contribution in [0, 0.1) is 5.41 Å². The van der Waals surface area contributed by atoms with Crippen LogP contribution in [-0.2, 0) is 9.59 Å². The second-order valence-corrected chi connectivity index (χ2v) is 4.75. The van der Waals surface area contributed by atoms with E-state index in [1.807, 2.05) is 0 Å². The average Bonchev–Trinajstić information content (AvgIpc) is 2.20. The lowest BCUT2D eigenvalue weighted by molar-refractivity contribution is -0.141. The molecule has 0 atom stereocenters. The van der Waals surface area contributed by atoms with Crippen LogP contribution in [0.2, 0.25) is 0 Å². The number of carboxylic acids is 1. The van der Waals surface area contributed by atoms with Gasteiger partial charge in [0.25, 0.3) is 0 Å². The summed E-state index contributed by atoms with van der Waals surface area (Å²) in [5, 5.41) is 13.9. The van der Waals surface area contributed by atoms with Gasteiger partial charge in [-0.3, -0.25) is 9.59 Å². The van der Waals surface area contributed by atoms with E-state index in [-0.39, 0.29) is 24.8 Å². The van der Waals surface area contributed by atoms with E-state index in [0.29, 0.717) is 6.54 Å². The van der Waals surface area contributed by atoms with Gasteiger partial charge in [0.05, 0.1) is 6.42 Å². The molecule has 0 saturated heterocycles. The van der Waals surface area contributed by atoms with E-state index >= 15 is 0 Å². The molecule has 1 rings (SSSR count). The quantitative estimate of drug-likeness (QED) is 0.504. The van der Waals surface area contributed by atoms with Crippen LogP contribution in [0.15, 0.2) is 0 Å². The Kier molecular flexibility index (Phi) is 4.94. The molecule has 0 aromatic heterocycles. The van der Waals surface area contributed by atoms with E-state index in [4.69, 9.17) is 10.8 Å². The van der Waals surface area contributed by atoms with Gasteiger partial charge in [-0.1, -0.05) is 6.42 Å². The second kappa shape index (κ2) is 6.23. The maximum atomic E-state index is 11.4. The minimum Gasteiger partial charge on any atom is -0.481 e. The molecule has 3 amide bonds. The third-order valence-electron chi connectivity index (χ3n) is 3.22. The highest BCUT2D eigenvalue weighted by molar-refractivity contribution is 5.77. The van der Waals surface area contributed by atoms with Crippen LogP contribution in [0.25, 0.3) is 0 Å². The van der Waals surface area contributed by atoms with Crippen molar-refractivity contribution < 1.29 is 19.5 Å². The van der Waals surface area contributed by atoms with Crippen LogP contribution < -0.4 is 16.4 Å². The van der Waals surface area contributed by atoms with Gasteiger partial charge in [-0.15, -0.1) is 0 Å². The number of nitrogens with one attached hydrogen (secondary N) is 2. The Labute approximate surface area is 105 Å². The smallest absolute Gasteiger partial charge is 0.314 e. The monoisotopic (exact) mass is 257 g/mol. The Morgan fingerprint density at radius 3 is 2.33 bits per heavy atom. The summed E-state index contributed by atoms with van der Waals surface area (Å²) in [5.41, 5.74) is 4.63. The maximum absolute atomic E-state index is 11.4. The molecule has 0 bridgehead atoms. The molecule has 0 unspecified atom stereocenters. The zero-order chi connectivity index (χ0) is 13.6. The molecule has 102 valence electrons.